The number of rotatable bonds is 6. The lowest BCUT2D eigenvalue weighted by Gasteiger charge is -2.09. The summed E-state index contributed by atoms with van der Waals surface area (Å²) < 4.78 is 4.86. The summed E-state index contributed by atoms with van der Waals surface area (Å²) in [5.74, 6) is -0.0173. The van der Waals surface area contributed by atoms with Crippen molar-refractivity contribution in [1.82, 2.24) is 5.32 Å². The van der Waals surface area contributed by atoms with Gasteiger partial charge in [-0.2, -0.15) is 0 Å². The number of carbonyl (C=O) groups excluding carboxylic acids is 1. The molecule has 0 aliphatic heterocycles. The summed E-state index contributed by atoms with van der Waals surface area (Å²) in [5.41, 5.74) is 1.37. The van der Waals surface area contributed by atoms with Crippen molar-refractivity contribution >= 4 is 17.2 Å². The number of carbonyl (C=O) groups is 1. The summed E-state index contributed by atoms with van der Waals surface area (Å²) in [6, 6.07) is 2.06. The second-order valence-corrected chi connectivity index (χ2v) is 6.76. The molecular formula is C16H25NO3S. The van der Waals surface area contributed by atoms with Crippen molar-refractivity contribution in [1.29, 1.82) is 0 Å². The molecule has 0 bridgehead atoms. The molecule has 0 saturated heterocycles. The normalized spacial score (nSPS) is 16.7. The van der Waals surface area contributed by atoms with Crippen molar-refractivity contribution in [3.8, 4) is 0 Å². The van der Waals surface area contributed by atoms with Crippen LogP contribution in [0, 0.1) is 0 Å². The maximum atomic E-state index is 12.2. The Hall–Kier alpha value is -0.910. The highest BCUT2D eigenvalue weighted by Crippen LogP contribution is 2.28. The predicted molar refractivity (Wildman–Crippen MR) is 85.0 cm³/mol. The van der Waals surface area contributed by atoms with Crippen molar-refractivity contribution in [2.45, 2.75) is 51.0 Å². The molecule has 0 aromatic carbocycles. The lowest BCUT2D eigenvalue weighted by atomic mass is 10.00. The molecule has 1 atom stereocenters. The standard InChI is InChI=1S/C16H25NO3S/c1-20-11-13(18)8-9-17-16(19)15-10-12-6-4-2-3-5-7-14(12)21-15/h10,13,18H,2-9,11H2,1H3,(H,17,19). The molecule has 4 nitrogen and oxygen atoms in total. The molecule has 1 heterocycles. The topological polar surface area (TPSA) is 58.6 Å². The number of methoxy groups -OCH3 is 1. The van der Waals surface area contributed by atoms with Crippen LogP contribution < -0.4 is 5.32 Å². The maximum Gasteiger partial charge on any atom is 0.261 e. The van der Waals surface area contributed by atoms with Gasteiger partial charge in [0.1, 0.15) is 0 Å². The molecule has 0 radical (unpaired) electrons. The van der Waals surface area contributed by atoms with Gasteiger partial charge in [-0.1, -0.05) is 12.8 Å². The minimum Gasteiger partial charge on any atom is -0.391 e. The fourth-order valence-corrected chi connectivity index (χ4v) is 3.84. The number of nitrogens with one attached hydrogen (secondary N) is 1. The summed E-state index contributed by atoms with van der Waals surface area (Å²) >= 11 is 1.64. The number of aryl methyl sites for hydroxylation is 2. The molecule has 0 saturated carbocycles. The van der Waals surface area contributed by atoms with E-state index in [1.54, 1.807) is 18.4 Å². The zero-order valence-electron chi connectivity index (χ0n) is 12.7. The zero-order chi connectivity index (χ0) is 15.1. The molecule has 1 aliphatic carbocycles. The lowest BCUT2D eigenvalue weighted by molar-refractivity contribution is 0.0588. The molecule has 118 valence electrons. The number of hydrogen-bond acceptors (Lipinski definition) is 4. The fraction of sp³-hybridized carbons (Fsp3) is 0.688. The first-order valence-electron chi connectivity index (χ1n) is 7.77. The summed E-state index contributed by atoms with van der Waals surface area (Å²) in [6.45, 7) is 0.787. The Morgan fingerprint density at radius 3 is 2.90 bits per heavy atom. The van der Waals surface area contributed by atoms with E-state index >= 15 is 0 Å². The van der Waals surface area contributed by atoms with E-state index in [-0.39, 0.29) is 5.91 Å². The summed E-state index contributed by atoms with van der Waals surface area (Å²) in [4.78, 5) is 14.4. The van der Waals surface area contributed by atoms with Crippen LogP contribution in [0.15, 0.2) is 6.07 Å². The zero-order valence-corrected chi connectivity index (χ0v) is 13.5. The molecule has 0 fully saturated rings. The summed E-state index contributed by atoms with van der Waals surface area (Å²) in [6.07, 6.45) is 7.28. The van der Waals surface area contributed by atoms with E-state index in [2.05, 4.69) is 11.4 Å². The molecule has 1 amide bonds. The third kappa shape index (κ3) is 5.09. The molecule has 1 aromatic heterocycles. The van der Waals surface area contributed by atoms with Crippen LogP contribution in [0.3, 0.4) is 0 Å². The van der Waals surface area contributed by atoms with Crippen molar-refractivity contribution in [2.24, 2.45) is 0 Å². The van der Waals surface area contributed by atoms with Crippen LogP contribution in [-0.4, -0.2) is 37.4 Å². The fourth-order valence-electron chi connectivity index (χ4n) is 2.67. The first kappa shape index (κ1) is 16.5. The molecule has 2 N–H and O–H groups in total. The van der Waals surface area contributed by atoms with Crippen LogP contribution in [0.5, 0.6) is 0 Å². The first-order chi connectivity index (χ1) is 10.2. The molecule has 1 unspecified atom stereocenters. The van der Waals surface area contributed by atoms with Gasteiger partial charge in [0.25, 0.3) is 5.91 Å². The van der Waals surface area contributed by atoms with Crippen molar-refractivity contribution in [3.63, 3.8) is 0 Å². The van der Waals surface area contributed by atoms with E-state index in [0.29, 0.717) is 19.6 Å². The monoisotopic (exact) mass is 311 g/mol. The van der Waals surface area contributed by atoms with E-state index in [1.165, 1.54) is 36.1 Å². The number of fused-ring (bicyclic) bond motifs is 1. The molecule has 5 heteroatoms. The second kappa shape index (κ2) is 8.51. The van der Waals surface area contributed by atoms with Crippen molar-refractivity contribution < 1.29 is 14.6 Å². The minimum atomic E-state index is -0.515. The van der Waals surface area contributed by atoms with Crippen LogP contribution in [-0.2, 0) is 17.6 Å². The van der Waals surface area contributed by atoms with E-state index < -0.39 is 6.10 Å². The largest absolute Gasteiger partial charge is 0.391 e. The van der Waals surface area contributed by atoms with E-state index in [9.17, 15) is 9.90 Å². The average Bonchev–Trinajstić information content (AvgIpc) is 2.81. The Labute approximate surface area is 130 Å². The Balaban J connectivity index is 1.86. The quantitative estimate of drug-likeness (QED) is 0.849. The van der Waals surface area contributed by atoms with Gasteiger partial charge in [-0.25, -0.2) is 0 Å². The van der Waals surface area contributed by atoms with E-state index in [4.69, 9.17) is 4.74 Å². The molecular weight excluding hydrogens is 286 g/mol. The molecule has 1 aromatic rings. The SMILES string of the molecule is COCC(O)CCNC(=O)c1cc2c(s1)CCCCCC2. The number of aliphatic hydroxyl groups is 1. The van der Waals surface area contributed by atoms with Crippen LogP contribution in [0.2, 0.25) is 0 Å². The Morgan fingerprint density at radius 1 is 1.38 bits per heavy atom. The van der Waals surface area contributed by atoms with Crippen LogP contribution in [0.4, 0.5) is 0 Å². The first-order valence-corrected chi connectivity index (χ1v) is 8.59. The predicted octanol–water partition coefficient (Wildman–Crippen LogP) is 2.53. The summed E-state index contributed by atoms with van der Waals surface area (Å²) in [5, 5.41) is 12.4. The van der Waals surface area contributed by atoms with Crippen LogP contribution in [0.25, 0.3) is 0 Å². The molecule has 1 aliphatic rings. The Bertz CT molecular complexity index is 433. The van der Waals surface area contributed by atoms with Gasteiger partial charge in [0, 0.05) is 18.5 Å². The Kier molecular flexibility index (Phi) is 6.67. The van der Waals surface area contributed by atoms with Crippen molar-refractivity contribution in [3.05, 3.63) is 21.4 Å². The lowest BCUT2D eigenvalue weighted by Crippen LogP contribution is -2.27. The van der Waals surface area contributed by atoms with Crippen molar-refractivity contribution in [2.75, 3.05) is 20.3 Å². The Morgan fingerprint density at radius 2 is 2.14 bits per heavy atom. The number of hydrogen-bond donors (Lipinski definition) is 2. The highest BCUT2D eigenvalue weighted by atomic mass is 32.1. The van der Waals surface area contributed by atoms with E-state index in [1.807, 2.05) is 0 Å². The number of aliphatic hydroxyl groups excluding tert-OH is 1. The average molecular weight is 311 g/mol. The van der Waals surface area contributed by atoms with Gasteiger partial charge in [0.2, 0.25) is 0 Å². The van der Waals surface area contributed by atoms with E-state index in [0.717, 1.165) is 17.7 Å². The summed E-state index contributed by atoms with van der Waals surface area (Å²) in [7, 11) is 1.56. The highest BCUT2D eigenvalue weighted by molar-refractivity contribution is 7.14. The third-order valence-electron chi connectivity index (χ3n) is 3.84. The molecule has 0 spiro atoms. The van der Waals surface area contributed by atoms with Gasteiger partial charge in [-0.15, -0.1) is 11.3 Å². The molecule has 2 rings (SSSR count). The minimum absolute atomic E-state index is 0.0173. The van der Waals surface area contributed by atoms with Gasteiger partial charge in [-0.05, 0) is 43.7 Å². The third-order valence-corrected chi connectivity index (χ3v) is 5.08. The van der Waals surface area contributed by atoms with Gasteiger partial charge in [0.15, 0.2) is 0 Å². The molecule has 21 heavy (non-hydrogen) atoms. The van der Waals surface area contributed by atoms with Gasteiger partial charge in [0.05, 0.1) is 17.6 Å². The second-order valence-electron chi connectivity index (χ2n) is 5.63. The number of amides is 1. The maximum absolute atomic E-state index is 12.2. The number of ether oxygens (including phenoxy) is 1. The number of thiophene rings is 1. The van der Waals surface area contributed by atoms with Gasteiger partial charge < -0.3 is 15.2 Å². The highest BCUT2D eigenvalue weighted by Gasteiger charge is 2.16. The van der Waals surface area contributed by atoms with Crippen LogP contribution >= 0.6 is 11.3 Å². The van der Waals surface area contributed by atoms with Crippen LogP contribution in [0.1, 0.15) is 52.2 Å². The van der Waals surface area contributed by atoms with Gasteiger partial charge >= 0.3 is 0 Å². The van der Waals surface area contributed by atoms with Gasteiger partial charge in [-0.3, -0.25) is 4.79 Å². The smallest absolute Gasteiger partial charge is 0.261 e.